The van der Waals surface area contributed by atoms with Gasteiger partial charge >= 0.3 is 0 Å². The number of aryl methyl sites for hydroxylation is 1. The number of phenols is 1. The third kappa shape index (κ3) is 3.52. The van der Waals surface area contributed by atoms with Crippen molar-refractivity contribution in [3.8, 4) is 17.0 Å². The molecule has 0 aliphatic carbocycles. The topological polar surface area (TPSA) is 29.0 Å². The number of hydrogen-bond acceptors (Lipinski definition) is 1. The minimum Gasteiger partial charge on any atom is -1.00 e. The standard InChI is InChI=1S/C17H16N2O.BrH/c1-18-13-19(11-14-5-3-2-4-6-14)12-17(18)15-7-9-16(20)10-8-15;/h2-10,12-13H,11H2,1H3;1H. The van der Waals surface area contributed by atoms with Crippen molar-refractivity contribution in [2.45, 2.75) is 6.54 Å². The van der Waals surface area contributed by atoms with Gasteiger partial charge in [0, 0.05) is 5.56 Å². The van der Waals surface area contributed by atoms with Gasteiger partial charge in [0.1, 0.15) is 18.5 Å². The molecule has 0 fully saturated rings. The molecule has 3 rings (SSSR count). The Morgan fingerprint density at radius 3 is 2.33 bits per heavy atom. The van der Waals surface area contributed by atoms with Gasteiger partial charge in [0.15, 0.2) is 5.69 Å². The van der Waals surface area contributed by atoms with Crippen LogP contribution in [0.5, 0.6) is 5.75 Å². The van der Waals surface area contributed by atoms with E-state index < -0.39 is 0 Å². The van der Waals surface area contributed by atoms with E-state index in [9.17, 15) is 5.11 Å². The van der Waals surface area contributed by atoms with Crippen molar-refractivity contribution < 1.29 is 26.7 Å². The molecule has 0 saturated carbocycles. The second kappa shape index (κ2) is 6.59. The molecule has 0 bridgehead atoms. The van der Waals surface area contributed by atoms with Crippen LogP contribution in [0.2, 0.25) is 0 Å². The number of phenolic OH excluding ortho intramolecular Hbond substituents is 1. The summed E-state index contributed by atoms with van der Waals surface area (Å²) in [5, 5.41) is 9.36. The van der Waals surface area contributed by atoms with Gasteiger partial charge in [-0.1, -0.05) is 30.3 Å². The van der Waals surface area contributed by atoms with Crippen molar-refractivity contribution in [3.63, 3.8) is 0 Å². The van der Waals surface area contributed by atoms with E-state index in [0.29, 0.717) is 5.75 Å². The summed E-state index contributed by atoms with van der Waals surface area (Å²) in [6, 6.07) is 17.7. The third-order valence-corrected chi connectivity index (χ3v) is 3.36. The Hall–Kier alpha value is -2.07. The van der Waals surface area contributed by atoms with Gasteiger partial charge in [-0.3, -0.25) is 0 Å². The van der Waals surface area contributed by atoms with Crippen molar-refractivity contribution in [1.29, 1.82) is 0 Å². The summed E-state index contributed by atoms with van der Waals surface area (Å²) in [4.78, 5) is 0. The smallest absolute Gasteiger partial charge is 0.244 e. The Labute approximate surface area is 134 Å². The quantitative estimate of drug-likeness (QED) is 0.651. The molecule has 2 aromatic carbocycles. The normalized spacial score (nSPS) is 10.1. The van der Waals surface area contributed by atoms with E-state index in [1.165, 1.54) is 5.56 Å². The van der Waals surface area contributed by atoms with Crippen LogP contribution in [-0.4, -0.2) is 9.67 Å². The number of imidazole rings is 1. The molecule has 1 aromatic heterocycles. The zero-order valence-electron chi connectivity index (χ0n) is 11.8. The van der Waals surface area contributed by atoms with Crippen LogP contribution in [0, 0.1) is 0 Å². The number of benzene rings is 2. The fraction of sp³-hybridized carbons (Fsp3) is 0.118. The predicted molar refractivity (Wildman–Crippen MR) is 78.3 cm³/mol. The van der Waals surface area contributed by atoms with Gasteiger partial charge in [0.05, 0.1) is 7.05 Å². The second-order valence-corrected chi connectivity index (χ2v) is 4.95. The Morgan fingerprint density at radius 1 is 1.00 bits per heavy atom. The van der Waals surface area contributed by atoms with Crippen LogP contribution in [0.1, 0.15) is 5.56 Å². The predicted octanol–water partition coefficient (Wildman–Crippen LogP) is -0.263. The highest BCUT2D eigenvalue weighted by Crippen LogP contribution is 2.20. The van der Waals surface area contributed by atoms with Crippen molar-refractivity contribution in [3.05, 3.63) is 72.7 Å². The summed E-state index contributed by atoms with van der Waals surface area (Å²) >= 11 is 0. The molecular formula is C17H17BrN2O. The van der Waals surface area contributed by atoms with Crippen molar-refractivity contribution in [2.24, 2.45) is 7.05 Å². The van der Waals surface area contributed by atoms with Crippen LogP contribution < -0.4 is 21.5 Å². The molecule has 0 unspecified atom stereocenters. The van der Waals surface area contributed by atoms with Crippen LogP contribution in [0.25, 0.3) is 11.3 Å². The maximum atomic E-state index is 9.36. The molecule has 0 radical (unpaired) electrons. The van der Waals surface area contributed by atoms with Gasteiger partial charge in [-0.05, 0) is 29.8 Å². The van der Waals surface area contributed by atoms with Crippen molar-refractivity contribution in [1.82, 2.24) is 4.57 Å². The zero-order valence-corrected chi connectivity index (χ0v) is 13.4. The Morgan fingerprint density at radius 2 is 1.67 bits per heavy atom. The lowest BCUT2D eigenvalue weighted by molar-refractivity contribution is -0.687. The first-order valence-corrected chi connectivity index (χ1v) is 6.61. The average molecular weight is 345 g/mol. The maximum absolute atomic E-state index is 9.36. The molecule has 1 heterocycles. The molecule has 0 amide bonds. The van der Waals surface area contributed by atoms with Gasteiger partial charge < -0.3 is 22.1 Å². The summed E-state index contributed by atoms with van der Waals surface area (Å²) in [5.74, 6) is 0.292. The van der Waals surface area contributed by atoms with Crippen molar-refractivity contribution >= 4 is 0 Å². The lowest BCUT2D eigenvalue weighted by Gasteiger charge is -1.97. The highest BCUT2D eigenvalue weighted by Gasteiger charge is 2.12. The van der Waals surface area contributed by atoms with Crippen LogP contribution in [0.15, 0.2) is 67.1 Å². The van der Waals surface area contributed by atoms with E-state index in [-0.39, 0.29) is 17.0 Å². The summed E-state index contributed by atoms with van der Waals surface area (Å²) < 4.78 is 4.26. The highest BCUT2D eigenvalue weighted by atomic mass is 79.9. The van der Waals surface area contributed by atoms with Crippen LogP contribution >= 0.6 is 0 Å². The van der Waals surface area contributed by atoms with Crippen LogP contribution in [0.3, 0.4) is 0 Å². The molecular weight excluding hydrogens is 328 g/mol. The monoisotopic (exact) mass is 344 g/mol. The number of aromatic hydroxyl groups is 1. The lowest BCUT2D eigenvalue weighted by Crippen LogP contribution is -3.00. The van der Waals surface area contributed by atoms with Crippen LogP contribution in [-0.2, 0) is 13.6 Å². The molecule has 0 aliphatic heterocycles. The third-order valence-electron chi connectivity index (χ3n) is 3.36. The maximum Gasteiger partial charge on any atom is 0.244 e. The zero-order chi connectivity index (χ0) is 13.9. The van der Waals surface area contributed by atoms with Gasteiger partial charge in [0.25, 0.3) is 0 Å². The lowest BCUT2D eigenvalue weighted by atomic mass is 10.1. The minimum atomic E-state index is 0. The number of rotatable bonds is 3. The molecule has 0 atom stereocenters. The largest absolute Gasteiger partial charge is 1.00 e. The molecule has 4 heteroatoms. The molecule has 3 aromatic rings. The van der Waals surface area contributed by atoms with Gasteiger partial charge in [-0.15, -0.1) is 0 Å². The number of aromatic nitrogens is 2. The van der Waals surface area contributed by atoms with E-state index >= 15 is 0 Å². The van der Waals surface area contributed by atoms with Crippen molar-refractivity contribution in [2.75, 3.05) is 0 Å². The number of halogens is 1. The van der Waals surface area contributed by atoms with E-state index in [4.69, 9.17) is 0 Å². The molecule has 0 saturated heterocycles. The molecule has 3 nitrogen and oxygen atoms in total. The molecule has 0 spiro atoms. The first-order chi connectivity index (χ1) is 9.72. The summed E-state index contributed by atoms with van der Waals surface area (Å²) in [6.45, 7) is 0.854. The van der Waals surface area contributed by atoms with Gasteiger partial charge in [0.2, 0.25) is 6.33 Å². The summed E-state index contributed by atoms with van der Waals surface area (Å²) in [7, 11) is 2.03. The molecule has 1 N–H and O–H groups in total. The fourth-order valence-corrected chi connectivity index (χ4v) is 2.36. The van der Waals surface area contributed by atoms with Gasteiger partial charge in [-0.2, -0.15) is 0 Å². The Balaban J connectivity index is 0.00000161. The van der Waals surface area contributed by atoms with Gasteiger partial charge in [-0.25, -0.2) is 9.13 Å². The summed E-state index contributed by atoms with van der Waals surface area (Å²) in [5.41, 5.74) is 3.50. The summed E-state index contributed by atoms with van der Waals surface area (Å²) in [6.07, 6.45) is 4.20. The Kier molecular flexibility index (Phi) is 4.81. The SMILES string of the molecule is Cn1c[n+](Cc2ccccc2)cc1-c1ccc(O)cc1.[Br-]. The average Bonchev–Trinajstić information content (AvgIpc) is 2.81. The molecule has 0 aliphatic rings. The first-order valence-electron chi connectivity index (χ1n) is 6.61. The van der Waals surface area contributed by atoms with E-state index in [0.717, 1.165) is 17.8 Å². The Bertz CT molecular complexity index is 705. The molecule has 21 heavy (non-hydrogen) atoms. The van der Waals surface area contributed by atoms with E-state index in [1.807, 2.05) is 25.2 Å². The molecule has 108 valence electrons. The first kappa shape index (κ1) is 15.3. The number of hydrogen-bond donors (Lipinski definition) is 1. The van der Waals surface area contributed by atoms with Crippen LogP contribution in [0.4, 0.5) is 0 Å². The highest BCUT2D eigenvalue weighted by molar-refractivity contribution is 5.58. The minimum absolute atomic E-state index is 0. The number of nitrogens with zero attached hydrogens (tertiary/aromatic N) is 2. The fourth-order valence-electron chi connectivity index (χ4n) is 2.36. The van der Waals surface area contributed by atoms with E-state index in [2.05, 4.69) is 45.9 Å². The van der Waals surface area contributed by atoms with E-state index in [1.54, 1.807) is 12.1 Å². The second-order valence-electron chi connectivity index (χ2n) is 4.95.